The Hall–Kier alpha value is -9.61. The predicted octanol–water partition coefficient (Wildman–Crippen LogP) is 7.08. The topological polar surface area (TPSA) is 431 Å². The molecule has 0 fully saturated rings. The highest BCUT2D eigenvalue weighted by molar-refractivity contribution is 6.04. The average molecular weight is 1080 g/mol. The summed E-state index contributed by atoms with van der Waals surface area (Å²) in [5, 5.41) is 52.9. The van der Waals surface area contributed by atoms with Crippen molar-refractivity contribution in [2.75, 3.05) is 0 Å². The largest absolute Gasteiger partial charge is 0.478 e. The number of nitrogens with two attached hydrogens (primary N) is 6. The van der Waals surface area contributed by atoms with Crippen molar-refractivity contribution in [1.82, 2.24) is 0 Å². The second-order valence-electron chi connectivity index (χ2n) is 17.0. The molecule has 0 aliphatic heterocycles. The Morgan fingerprint density at radius 1 is 0.278 bits per heavy atom. The second-order valence-corrected chi connectivity index (χ2v) is 17.0. The third kappa shape index (κ3) is 21.1. The van der Waals surface area contributed by atoms with Crippen LogP contribution in [0.5, 0.6) is 0 Å². The van der Waals surface area contributed by atoms with Gasteiger partial charge in [0.15, 0.2) is 17.3 Å². The number of carbonyl (C=O) groups is 9. The maximum atomic E-state index is 11.6. The van der Waals surface area contributed by atoms with Crippen LogP contribution in [0.2, 0.25) is 0 Å². The number of Topliss-reactive ketones (excluding diaryl/α,β-unsaturated/α-hetero) is 3. The van der Waals surface area contributed by atoms with Gasteiger partial charge in [-0.05, 0) is 96.8 Å². The molecule has 0 aliphatic carbocycles. The van der Waals surface area contributed by atoms with Gasteiger partial charge in [-0.2, -0.15) is 0 Å². The average Bonchev–Trinajstić information content (AvgIpc) is 3.45. The summed E-state index contributed by atoms with van der Waals surface area (Å²) < 4.78 is 0. The molecule has 21 nitrogen and oxygen atoms in total. The summed E-state index contributed by atoms with van der Waals surface area (Å²) in [5.74, 6) is -7.01. The molecule has 7 aromatic carbocycles. The second kappa shape index (κ2) is 30.8. The van der Waals surface area contributed by atoms with Crippen LogP contribution < -0.4 is 34.4 Å². The van der Waals surface area contributed by atoms with E-state index in [1.165, 1.54) is 66.7 Å². The minimum atomic E-state index is -1.23. The Labute approximate surface area is 453 Å². The van der Waals surface area contributed by atoms with Gasteiger partial charge in [0.2, 0.25) is 0 Å². The summed E-state index contributed by atoms with van der Waals surface area (Å²) in [6.07, 6.45) is 1.29. The van der Waals surface area contributed by atoms with Crippen molar-refractivity contribution in [3.63, 3.8) is 0 Å². The Balaban J connectivity index is 0.000000325. The van der Waals surface area contributed by atoms with Crippen molar-refractivity contribution < 1.29 is 73.8 Å². The molecule has 0 amide bonds. The van der Waals surface area contributed by atoms with Gasteiger partial charge in [-0.3, -0.25) is 14.4 Å². The highest BCUT2D eigenvalue weighted by Gasteiger charge is 2.29. The van der Waals surface area contributed by atoms with E-state index >= 15 is 0 Å². The van der Waals surface area contributed by atoms with E-state index in [0.29, 0.717) is 46.7 Å². The molecule has 0 atom stereocenters. The van der Waals surface area contributed by atoms with E-state index in [4.69, 9.17) is 65.0 Å². The molecule has 0 radical (unpaired) electrons. The van der Waals surface area contributed by atoms with Crippen molar-refractivity contribution in [2.45, 2.75) is 57.0 Å². The Morgan fingerprint density at radius 2 is 0.481 bits per heavy atom. The number of rotatable bonds is 15. The lowest BCUT2D eigenvalue weighted by Gasteiger charge is -2.20. The standard InChI is InChI=1S/C12H8O4.3C10H14N2O.2C8H6O4/c13-11(14)9-3-1-7-5-10(12(15)16)4-2-8(7)6-9;3*1-2-10(11,12)9(13)8-6-4-3-5-7-8;9-7(10)5-1-2-6(4-3-5)8(11)12;9-7(10)5-2-1-3-6(4-5)8(11)12/h1-6H,(H,13,14)(H,15,16);3*3-7H,2,11-12H2,1H3;2*1-4H,(H,9,10)(H,11,12). The van der Waals surface area contributed by atoms with Gasteiger partial charge in [0.25, 0.3) is 0 Å². The van der Waals surface area contributed by atoms with E-state index in [1.54, 1.807) is 106 Å². The first-order valence-corrected chi connectivity index (χ1v) is 23.7. The molecule has 414 valence electrons. The first-order chi connectivity index (χ1) is 37.0. The van der Waals surface area contributed by atoms with Gasteiger partial charge in [0, 0.05) is 16.7 Å². The fraction of sp³-hybridized carbons (Fsp3) is 0.155. The number of hydrogen-bond acceptors (Lipinski definition) is 15. The summed E-state index contributed by atoms with van der Waals surface area (Å²) in [6, 6.07) is 45.9. The zero-order valence-corrected chi connectivity index (χ0v) is 43.2. The van der Waals surface area contributed by atoms with Crippen LogP contribution >= 0.6 is 0 Å². The maximum absolute atomic E-state index is 11.6. The molecule has 21 heteroatoms. The van der Waals surface area contributed by atoms with E-state index < -0.39 is 52.8 Å². The van der Waals surface area contributed by atoms with Gasteiger partial charge in [0.1, 0.15) is 17.0 Å². The van der Waals surface area contributed by atoms with Crippen LogP contribution in [-0.4, -0.2) is 101 Å². The third-order valence-corrected chi connectivity index (χ3v) is 11.2. The van der Waals surface area contributed by atoms with Gasteiger partial charge in [-0.1, -0.05) is 130 Å². The molecule has 18 N–H and O–H groups in total. The number of ketones is 3. The molecule has 79 heavy (non-hydrogen) atoms. The van der Waals surface area contributed by atoms with Crippen LogP contribution in [0.15, 0.2) is 176 Å². The normalized spacial score (nSPS) is 10.5. The molecule has 0 bridgehead atoms. The fourth-order valence-electron chi connectivity index (χ4n) is 6.11. The quantitative estimate of drug-likeness (QED) is 0.0360. The van der Waals surface area contributed by atoms with Crippen molar-refractivity contribution >= 4 is 63.9 Å². The molecule has 0 spiro atoms. The minimum absolute atomic E-state index is 0.0186. The van der Waals surface area contributed by atoms with Crippen LogP contribution in [-0.2, 0) is 0 Å². The van der Waals surface area contributed by atoms with Gasteiger partial charge in [0.05, 0.1) is 33.4 Å². The number of carboxylic acids is 6. The zero-order chi connectivity index (χ0) is 59.7. The van der Waals surface area contributed by atoms with Gasteiger partial charge < -0.3 is 65.0 Å². The van der Waals surface area contributed by atoms with Crippen LogP contribution in [0.4, 0.5) is 0 Å². The highest BCUT2D eigenvalue weighted by Crippen LogP contribution is 2.19. The molecule has 0 aliphatic rings. The number of fused-ring (bicyclic) bond motifs is 1. The van der Waals surface area contributed by atoms with Crippen molar-refractivity contribution in [1.29, 1.82) is 0 Å². The number of benzene rings is 7. The van der Waals surface area contributed by atoms with Gasteiger partial charge >= 0.3 is 35.8 Å². The SMILES string of the molecule is CCC(N)(N)C(=O)c1ccccc1.CCC(N)(N)C(=O)c1ccccc1.CCC(N)(N)C(=O)c1ccccc1.O=C(O)c1ccc(C(=O)O)cc1.O=C(O)c1ccc2cc(C(=O)O)ccc2c1.O=C(O)c1cccc(C(=O)O)c1. The number of aromatic carboxylic acids is 6. The minimum Gasteiger partial charge on any atom is -0.478 e. The Morgan fingerprint density at radius 3 is 0.696 bits per heavy atom. The summed E-state index contributed by atoms with van der Waals surface area (Å²) in [6.45, 7) is 5.38. The van der Waals surface area contributed by atoms with E-state index in [-0.39, 0.29) is 50.7 Å². The summed E-state index contributed by atoms with van der Waals surface area (Å²) >= 11 is 0. The zero-order valence-electron chi connectivity index (χ0n) is 43.2. The van der Waals surface area contributed by atoms with Gasteiger partial charge in [-0.25, -0.2) is 28.8 Å². The predicted molar refractivity (Wildman–Crippen MR) is 295 cm³/mol. The monoisotopic (exact) mass is 1080 g/mol. The molecule has 0 saturated carbocycles. The lowest BCUT2D eigenvalue weighted by Crippen LogP contribution is -2.55. The van der Waals surface area contributed by atoms with E-state index in [0.717, 1.165) is 6.07 Å². The maximum Gasteiger partial charge on any atom is 0.335 e. The van der Waals surface area contributed by atoms with Crippen LogP contribution in [0.25, 0.3) is 10.8 Å². The molecule has 7 aromatic rings. The smallest absolute Gasteiger partial charge is 0.335 e. The fourth-order valence-corrected chi connectivity index (χ4v) is 6.11. The van der Waals surface area contributed by atoms with Gasteiger partial charge in [-0.15, -0.1) is 0 Å². The third-order valence-electron chi connectivity index (χ3n) is 11.2. The van der Waals surface area contributed by atoms with Crippen molar-refractivity contribution in [3.8, 4) is 0 Å². The molecular formula is C58H62N6O15. The number of carboxylic acid groups (broad SMARTS) is 6. The van der Waals surface area contributed by atoms with E-state index in [1.807, 2.05) is 18.2 Å². The summed E-state index contributed by atoms with van der Waals surface area (Å²) in [5.41, 5.74) is 32.2. The van der Waals surface area contributed by atoms with Crippen LogP contribution in [0.3, 0.4) is 0 Å². The molecular weight excluding hydrogens is 1020 g/mol. The lowest BCUT2D eigenvalue weighted by molar-refractivity contribution is 0.0680. The molecule has 0 aromatic heterocycles. The van der Waals surface area contributed by atoms with Crippen molar-refractivity contribution in [3.05, 3.63) is 226 Å². The first-order valence-electron chi connectivity index (χ1n) is 23.7. The van der Waals surface area contributed by atoms with Crippen LogP contribution in [0, 0.1) is 0 Å². The number of carbonyl (C=O) groups excluding carboxylic acids is 3. The molecule has 7 rings (SSSR count). The lowest BCUT2D eigenvalue weighted by atomic mass is 9.97. The first kappa shape index (κ1) is 65.5. The van der Waals surface area contributed by atoms with Crippen molar-refractivity contribution in [2.24, 2.45) is 34.4 Å². The number of hydrogen-bond donors (Lipinski definition) is 12. The van der Waals surface area contributed by atoms with E-state index in [9.17, 15) is 43.2 Å². The molecule has 0 unspecified atom stereocenters. The molecule has 0 saturated heterocycles. The molecule has 0 heterocycles. The van der Waals surface area contributed by atoms with Crippen LogP contribution in [0.1, 0.15) is 133 Å². The highest BCUT2D eigenvalue weighted by atomic mass is 16.4. The summed E-state index contributed by atoms with van der Waals surface area (Å²) in [7, 11) is 0. The Bertz CT molecular complexity index is 2960. The summed E-state index contributed by atoms with van der Waals surface area (Å²) in [4.78, 5) is 97.8. The Kier molecular flexibility index (Phi) is 25.6. The van der Waals surface area contributed by atoms with E-state index in [2.05, 4.69) is 0 Å².